The van der Waals surface area contributed by atoms with Crippen LogP contribution in [0.5, 0.6) is 17.2 Å². The van der Waals surface area contributed by atoms with E-state index in [-0.39, 0.29) is 141 Å². The normalized spacial score (nSPS) is 25.8. The number of carboxylic acids is 1. The molecule has 0 spiro atoms. The number of pyridine rings is 2. The minimum atomic E-state index is -4.19. The van der Waals surface area contributed by atoms with Crippen LogP contribution >= 0.6 is 39.1 Å². The van der Waals surface area contributed by atoms with Crippen molar-refractivity contribution >= 4 is 130 Å². The number of hydrogen-bond donors (Lipinski definition) is 4. The van der Waals surface area contributed by atoms with E-state index in [0.717, 1.165) is 96.3 Å². The Morgan fingerprint density at radius 3 is 1.90 bits per heavy atom. The number of halogens is 3. The first-order valence-corrected chi connectivity index (χ1v) is 50.2. The Kier molecular flexibility index (Phi) is 34.6. The molecule has 6 saturated carbocycles. The lowest BCUT2D eigenvalue weighted by Crippen LogP contribution is -2.45. The van der Waals surface area contributed by atoms with Gasteiger partial charge in [-0.05, 0) is 189 Å². The number of esters is 3. The van der Waals surface area contributed by atoms with Crippen molar-refractivity contribution in [3.8, 4) is 40.0 Å². The largest absolute Gasteiger partial charge is 0.490 e. The molecular formula is C99H129BrCl2N8O23S. The van der Waals surface area contributed by atoms with Crippen LogP contribution in [0.15, 0.2) is 96.2 Å². The lowest BCUT2D eigenvalue weighted by molar-refractivity contribution is -0.155. The van der Waals surface area contributed by atoms with Gasteiger partial charge in [-0.15, -0.1) is 0 Å². The molecule has 3 aromatic carbocycles. The molecule has 7 heterocycles. The number of unbranched alkanes of at least 4 members (excludes halogenated alkanes) is 3. The standard InChI is InChI=1S/C46H61ClN4O10.C34H44BrNO9S.C18H20ClN3O4.CH4/c1-6-8-9-10-11-30-22-46(30,44(55)56)23-37(52)36-20-32(24-51(36)43(54)27(7-2)19-40(53)61-31-17-28-16-29(28)18-31)60-39-21-34(35-25-59-45(50-35)48-26(3)4)49-42-33(39)12-13-38(41(42)47)58-15-14-57-5;1-43-33(40)34-18-24(34)8-6-4-2-3-5-7-21(16-31(38)44-26-14-22-13-23(22)15-26)32(39)36-20-27(17-29(36)30(37)19-34)45-46(41,42)28-11-9-25(35)10-12-28;1-10(2)20-18-22-13(9-26-18)12-8-14(23)11-4-5-15(25-7-6-24-3)16(19)17(11)21-12;/h12-13,21,25-32,36H,6-11,14-20,22-24H2,1-5H3,(H,48,50)(H,55,56);9-12,21-24,26-27,29H,2-8,13-20H2,1H3;4-5,8-10H,6-7H2,1-3H3,(H,20,22)(H,21,23);1H4/t27-,28-,29+,30-,31?,32-,36+,46-;21-,22-,23+,24-,26?,27+,29+,34-;;/m11../s1. The van der Waals surface area contributed by atoms with E-state index >= 15 is 0 Å². The summed E-state index contributed by atoms with van der Waals surface area (Å²) in [6, 6.07) is 15.1. The number of carboxylic acid groups (broad SMARTS) is 1. The second-order valence-corrected chi connectivity index (χ2v) is 41.4. The van der Waals surface area contributed by atoms with E-state index in [4.69, 9.17) is 79.1 Å². The van der Waals surface area contributed by atoms with Crippen molar-refractivity contribution < 1.29 is 103 Å². The van der Waals surface area contributed by atoms with Gasteiger partial charge in [-0.2, -0.15) is 18.4 Å². The topological polar surface area (TPSA) is 402 Å². The fraction of sp³-hybridized carbons (Fsp3) is 0.616. The number of nitrogens with zero attached hydrogens (tertiary/aromatic N) is 5. The fourth-order valence-corrected chi connectivity index (χ4v) is 22.1. The lowest BCUT2D eigenvalue weighted by Gasteiger charge is -2.29. The number of Topliss-reactive ketones (excluding diaryl/α,β-unsaturated/α-hetero) is 2. The second kappa shape index (κ2) is 45.4. The van der Waals surface area contributed by atoms with Gasteiger partial charge in [0.05, 0.1) is 96.0 Å². The zero-order chi connectivity index (χ0) is 94.7. The molecule has 4 N–H and O–H groups in total. The number of ketones is 2. The summed E-state index contributed by atoms with van der Waals surface area (Å²) >= 11 is 16.7. The van der Waals surface area contributed by atoms with Crippen LogP contribution in [0.1, 0.15) is 222 Å². The number of rotatable bonds is 37. The maximum absolute atomic E-state index is 14.5. The van der Waals surface area contributed by atoms with Crippen molar-refractivity contribution in [3.05, 3.63) is 97.9 Å². The quantitative estimate of drug-likeness (QED) is 0.0122. The van der Waals surface area contributed by atoms with Crippen LogP contribution in [-0.4, -0.2) is 200 Å². The van der Waals surface area contributed by atoms with Gasteiger partial charge >= 0.3 is 23.9 Å². The fourth-order valence-electron chi connectivity index (χ4n) is 20.2. The molecule has 730 valence electrons. The predicted octanol–water partition coefficient (Wildman–Crippen LogP) is 18.2. The molecule has 9 fully saturated rings. The molecule has 16 atom stereocenters. The van der Waals surface area contributed by atoms with E-state index in [2.05, 4.69) is 48.4 Å². The predicted molar refractivity (Wildman–Crippen MR) is 506 cm³/mol. The third-order valence-corrected chi connectivity index (χ3v) is 30.3. The Bertz CT molecular complexity index is 5500. The lowest BCUT2D eigenvalue weighted by atomic mass is 9.90. The highest BCUT2D eigenvalue weighted by molar-refractivity contribution is 9.10. The number of methoxy groups -OCH3 is 3. The SMILES string of the molecule is C.CCCCCC[C@@H]1C[C@]1(CC(=O)[C@@H]1C[C@@H](Oc2cc(-c3coc(NC(C)C)n3)nc3c(Cl)c(OCCOC)ccc23)CN1C(=O)[C@H](CC)CC(=O)OC1C[C@@H]2C[C@@H]2C1)C(=O)O.COC(=O)[C@]12CC(=O)[C@@H]3C[C@H](OS(=O)(=O)c4ccc(Br)cc4)CN3C(=O)[C@@H](CC(=O)OC3C[C@@H]4C[C@@H]4C3)CCCCCCC[C@@H]1C2.COCCOc1ccc2c(=O)cc(-c3coc(NC(C)C)n3)[nH]c2c1Cl. The molecule has 9 aliphatic rings. The number of aromatic nitrogens is 4. The number of ether oxygens (including phenoxy) is 8. The van der Waals surface area contributed by atoms with Crippen molar-refractivity contribution in [1.82, 2.24) is 29.7 Å². The van der Waals surface area contributed by atoms with Crippen LogP contribution in [0.4, 0.5) is 12.0 Å². The molecule has 0 radical (unpaired) electrons. The number of hydrogen-bond acceptors (Lipinski definition) is 27. The number of aromatic amines is 1. The average Bonchev–Trinajstić information content (AvgIpc) is 1.15. The third kappa shape index (κ3) is 25.0. The van der Waals surface area contributed by atoms with Crippen molar-refractivity contribution in [3.63, 3.8) is 0 Å². The molecule has 31 nitrogen and oxygen atoms in total. The van der Waals surface area contributed by atoms with Gasteiger partial charge in [-0.25, -0.2) is 4.98 Å². The Labute approximate surface area is 801 Å². The molecule has 0 bridgehead atoms. The minimum Gasteiger partial charge on any atom is -0.490 e. The van der Waals surface area contributed by atoms with Gasteiger partial charge in [-0.3, -0.25) is 47.3 Å². The summed E-state index contributed by atoms with van der Waals surface area (Å²) in [7, 11) is 0.305. The zero-order valence-electron chi connectivity index (χ0n) is 77.2. The Hall–Kier alpha value is -9.25. The molecule has 3 aliphatic heterocycles. The number of amides is 2. The Morgan fingerprint density at radius 2 is 1.28 bits per heavy atom. The summed E-state index contributed by atoms with van der Waals surface area (Å²) in [5, 5.41) is 18.3. The molecule has 7 aromatic rings. The smallest absolute Gasteiger partial charge is 0.312 e. The van der Waals surface area contributed by atoms with E-state index < -0.39 is 81.0 Å². The number of fused-ring (bicyclic) bond motifs is 6. The monoisotopic (exact) mass is 1980 g/mol. The number of likely N-dealkylation sites (tertiary alicyclic amines) is 1. The summed E-state index contributed by atoms with van der Waals surface area (Å²) in [6.07, 6.45) is 18.8. The van der Waals surface area contributed by atoms with Crippen LogP contribution in [0, 0.1) is 58.2 Å². The molecule has 3 saturated heterocycles. The molecule has 2 unspecified atom stereocenters. The summed E-state index contributed by atoms with van der Waals surface area (Å²) < 4.78 is 89.0. The van der Waals surface area contributed by atoms with Gasteiger partial charge < -0.3 is 77.3 Å². The maximum atomic E-state index is 14.5. The molecule has 4 aromatic heterocycles. The maximum Gasteiger partial charge on any atom is 0.312 e. The summed E-state index contributed by atoms with van der Waals surface area (Å²) in [5.41, 5.74) is 0.490. The number of oxazole rings is 2. The first-order chi connectivity index (χ1) is 63.8. The van der Waals surface area contributed by atoms with Gasteiger partial charge in [0.2, 0.25) is 11.8 Å². The highest BCUT2D eigenvalue weighted by Crippen LogP contribution is 2.61. The summed E-state index contributed by atoms with van der Waals surface area (Å²) in [6.45, 7) is 13.2. The van der Waals surface area contributed by atoms with E-state index in [1.165, 1.54) is 60.5 Å². The zero-order valence-corrected chi connectivity index (χ0v) is 81.1. The van der Waals surface area contributed by atoms with Crippen molar-refractivity contribution in [2.75, 3.05) is 71.5 Å². The first kappa shape index (κ1) is 102. The first-order valence-electron chi connectivity index (χ1n) is 47.2. The summed E-state index contributed by atoms with van der Waals surface area (Å²) in [4.78, 5) is 142. The van der Waals surface area contributed by atoms with Gasteiger partial charge in [0, 0.05) is 97.7 Å². The van der Waals surface area contributed by atoms with Crippen LogP contribution < -0.4 is 30.3 Å². The van der Waals surface area contributed by atoms with Crippen molar-refractivity contribution in [2.45, 2.75) is 276 Å². The number of carbonyl (C=O) groups is 8. The van der Waals surface area contributed by atoms with Crippen LogP contribution in [-0.2, 0) is 76.3 Å². The van der Waals surface area contributed by atoms with E-state index in [9.17, 15) is 56.7 Å². The van der Waals surface area contributed by atoms with Crippen molar-refractivity contribution in [2.24, 2.45) is 58.2 Å². The summed E-state index contributed by atoms with van der Waals surface area (Å²) in [5.74, 6) is -1.16. The Morgan fingerprint density at radius 1 is 0.664 bits per heavy atom. The minimum absolute atomic E-state index is 0. The number of carbonyl (C=O) groups excluding carboxylic acids is 7. The molecule has 16 rings (SSSR count). The van der Waals surface area contributed by atoms with Gasteiger partial charge in [-0.1, -0.05) is 118 Å². The highest BCUT2D eigenvalue weighted by atomic mass is 79.9. The number of benzene rings is 3. The van der Waals surface area contributed by atoms with Crippen LogP contribution in [0.25, 0.3) is 44.6 Å². The molecule has 2 amide bonds. The molecular weight excluding hydrogens is 1850 g/mol. The van der Waals surface area contributed by atoms with Crippen LogP contribution in [0.3, 0.4) is 0 Å². The Balaban J connectivity index is 0.000000183. The van der Waals surface area contributed by atoms with E-state index in [1.54, 1.807) is 56.7 Å². The highest BCUT2D eigenvalue weighted by Gasteiger charge is 2.64. The van der Waals surface area contributed by atoms with Gasteiger partial charge in [0.15, 0.2) is 17.0 Å². The average molecular weight is 1980 g/mol. The van der Waals surface area contributed by atoms with Crippen molar-refractivity contribution in [1.29, 1.82) is 0 Å². The third-order valence-electron chi connectivity index (χ3n) is 27.7. The van der Waals surface area contributed by atoms with Gasteiger partial charge in [0.25, 0.3) is 22.1 Å². The number of nitrogens with one attached hydrogen (secondary N) is 3. The molecule has 6 aliphatic carbocycles. The molecule has 134 heavy (non-hydrogen) atoms. The van der Waals surface area contributed by atoms with E-state index in [1.807, 2.05) is 34.6 Å². The second-order valence-electron chi connectivity index (χ2n) is 38.1. The van der Waals surface area contributed by atoms with Gasteiger partial charge in [0.1, 0.15) is 82.7 Å². The van der Waals surface area contributed by atoms with E-state index in [0.29, 0.717) is 153 Å². The number of aliphatic carboxylic acids is 1. The van der Waals surface area contributed by atoms with Crippen LogP contribution in [0.2, 0.25) is 10.0 Å². The molecule has 35 heteroatoms. The number of anilines is 2. The number of H-pyrrole nitrogens is 1.